The molecule has 0 saturated carbocycles. The summed E-state index contributed by atoms with van der Waals surface area (Å²) in [5.41, 5.74) is 3.75. The summed E-state index contributed by atoms with van der Waals surface area (Å²) in [5, 5.41) is 4.21. The second kappa shape index (κ2) is 6.56. The van der Waals surface area contributed by atoms with Gasteiger partial charge in [-0.3, -0.25) is 4.79 Å². The number of amides is 1. The standard InChI is InChI=1S/C13H9Br2ClN2O2/c1-7-2-3-9(11(16)4-7)13(19)18-17-6-8-5-10(14)12(15)20-8/h2-6H,1H3,(H,18,19)/b17-6+. The number of carbonyl (C=O) groups is 1. The summed E-state index contributed by atoms with van der Waals surface area (Å²) in [6.07, 6.45) is 1.40. The van der Waals surface area contributed by atoms with Gasteiger partial charge in [0, 0.05) is 6.07 Å². The number of furan rings is 1. The van der Waals surface area contributed by atoms with Crippen LogP contribution in [0.5, 0.6) is 0 Å². The van der Waals surface area contributed by atoms with Gasteiger partial charge in [-0.1, -0.05) is 17.7 Å². The van der Waals surface area contributed by atoms with Gasteiger partial charge in [0.2, 0.25) is 0 Å². The fourth-order valence-corrected chi connectivity index (χ4v) is 2.37. The maximum absolute atomic E-state index is 11.9. The van der Waals surface area contributed by atoms with Crippen LogP contribution in [-0.4, -0.2) is 12.1 Å². The van der Waals surface area contributed by atoms with Gasteiger partial charge in [-0.15, -0.1) is 0 Å². The summed E-state index contributed by atoms with van der Waals surface area (Å²) < 4.78 is 6.62. The Labute approximate surface area is 137 Å². The van der Waals surface area contributed by atoms with E-state index in [-0.39, 0.29) is 5.91 Å². The fourth-order valence-electron chi connectivity index (χ4n) is 1.45. The Morgan fingerprint density at radius 1 is 1.40 bits per heavy atom. The molecule has 104 valence electrons. The first-order chi connectivity index (χ1) is 9.47. The molecular formula is C13H9Br2ClN2O2. The number of rotatable bonds is 3. The Hall–Kier alpha value is -1.11. The van der Waals surface area contributed by atoms with Gasteiger partial charge in [-0.05, 0) is 56.5 Å². The molecule has 0 aliphatic carbocycles. The van der Waals surface area contributed by atoms with Gasteiger partial charge in [0.05, 0.1) is 21.3 Å². The third-order valence-corrected chi connectivity index (χ3v) is 4.41. The van der Waals surface area contributed by atoms with Crippen LogP contribution in [0.1, 0.15) is 21.7 Å². The van der Waals surface area contributed by atoms with E-state index in [1.54, 1.807) is 18.2 Å². The van der Waals surface area contributed by atoms with E-state index in [0.717, 1.165) is 10.0 Å². The lowest BCUT2D eigenvalue weighted by atomic mass is 10.1. The van der Waals surface area contributed by atoms with Gasteiger partial charge in [0.25, 0.3) is 5.91 Å². The molecule has 0 spiro atoms. The van der Waals surface area contributed by atoms with E-state index in [4.69, 9.17) is 16.0 Å². The monoisotopic (exact) mass is 418 g/mol. The second-order valence-electron chi connectivity index (χ2n) is 3.95. The minimum Gasteiger partial charge on any atom is -0.447 e. The number of nitrogens with zero attached hydrogens (tertiary/aromatic N) is 1. The molecule has 4 nitrogen and oxygen atoms in total. The third-order valence-electron chi connectivity index (χ3n) is 2.39. The molecule has 0 unspecified atom stereocenters. The van der Waals surface area contributed by atoms with Crippen LogP contribution in [0.2, 0.25) is 5.02 Å². The van der Waals surface area contributed by atoms with E-state index in [0.29, 0.717) is 21.0 Å². The highest BCUT2D eigenvalue weighted by molar-refractivity contribution is 9.13. The smallest absolute Gasteiger partial charge is 0.272 e. The van der Waals surface area contributed by atoms with Crippen LogP contribution in [0.25, 0.3) is 0 Å². The molecule has 1 N–H and O–H groups in total. The molecule has 1 amide bonds. The van der Waals surface area contributed by atoms with Crippen molar-refractivity contribution < 1.29 is 9.21 Å². The van der Waals surface area contributed by atoms with Gasteiger partial charge < -0.3 is 4.42 Å². The number of nitrogens with one attached hydrogen (secondary N) is 1. The number of aryl methyl sites for hydroxylation is 1. The first-order valence-electron chi connectivity index (χ1n) is 5.52. The van der Waals surface area contributed by atoms with Gasteiger partial charge >= 0.3 is 0 Å². The van der Waals surface area contributed by atoms with E-state index in [9.17, 15) is 4.79 Å². The van der Waals surface area contributed by atoms with E-state index in [1.165, 1.54) is 6.21 Å². The summed E-state index contributed by atoms with van der Waals surface area (Å²) >= 11 is 12.5. The highest BCUT2D eigenvalue weighted by atomic mass is 79.9. The zero-order valence-electron chi connectivity index (χ0n) is 10.3. The quantitative estimate of drug-likeness (QED) is 0.586. The van der Waals surface area contributed by atoms with Crippen molar-refractivity contribution in [2.45, 2.75) is 6.92 Å². The maximum Gasteiger partial charge on any atom is 0.272 e. The number of hydrogen-bond donors (Lipinski definition) is 1. The lowest BCUT2D eigenvalue weighted by molar-refractivity contribution is 0.0955. The van der Waals surface area contributed by atoms with Crippen molar-refractivity contribution >= 4 is 55.6 Å². The molecule has 0 fully saturated rings. The van der Waals surface area contributed by atoms with Crippen LogP contribution < -0.4 is 5.43 Å². The fraction of sp³-hybridized carbons (Fsp3) is 0.0769. The Bertz CT molecular complexity index is 664. The van der Waals surface area contributed by atoms with E-state index in [2.05, 4.69) is 42.4 Å². The predicted octanol–water partition coefficient (Wildman–Crippen LogP) is 4.53. The topological polar surface area (TPSA) is 54.6 Å². The molecule has 0 radical (unpaired) electrons. The van der Waals surface area contributed by atoms with Crippen molar-refractivity contribution in [1.82, 2.24) is 5.43 Å². The van der Waals surface area contributed by atoms with Crippen molar-refractivity contribution in [3.05, 3.63) is 55.3 Å². The average molecular weight is 420 g/mol. The van der Waals surface area contributed by atoms with E-state index in [1.807, 2.05) is 13.0 Å². The zero-order chi connectivity index (χ0) is 14.7. The van der Waals surface area contributed by atoms with Crippen molar-refractivity contribution in [2.24, 2.45) is 5.10 Å². The molecule has 1 aromatic heterocycles. The number of benzene rings is 1. The highest BCUT2D eigenvalue weighted by Crippen LogP contribution is 2.25. The summed E-state index contributed by atoms with van der Waals surface area (Å²) in [4.78, 5) is 11.9. The van der Waals surface area contributed by atoms with Crippen molar-refractivity contribution in [2.75, 3.05) is 0 Å². The van der Waals surface area contributed by atoms with E-state index < -0.39 is 0 Å². The Balaban J connectivity index is 2.05. The molecule has 1 heterocycles. The average Bonchev–Trinajstić information content (AvgIpc) is 2.68. The highest BCUT2D eigenvalue weighted by Gasteiger charge is 2.09. The molecule has 20 heavy (non-hydrogen) atoms. The molecule has 0 atom stereocenters. The molecule has 2 rings (SSSR count). The minimum atomic E-state index is -0.379. The Morgan fingerprint density at radius 2 is 2.15 bits per heavy atom. The van der Waals surface area contributed by atoms with E-state index >= 15 is 0 Å². The van der Waals surface area contributed by atoms with Crippen LogP contribution in [0.3, 0.4) is 0 Å². The summed E-state index contributed by atoms with van der Waals surface area (Å²) in [6, 6.07) is 6.91. The van der Waals surface area contributed by atoms with Gasteiger partial charge in [0.1, 0.15) is 5.76 Å². The first-order valence-corrected chi connectivity index (χ1v) is 7.48. The molecule has 0 saturated heterocycles. The molecule has 0 bridgehead atoms. The molecule has 2 aromatic rings. The number of halogens is 3. The zero-order valence-corrected chi connectivity index (χ0v) is 14.2. The lowest BCUT2D eigenvalue weighted by Gasteiger charge is -2.03. The van der Waals surface area contributed by atoms with Crippen LogP contribution in [0, 0.1) is 6.92 Å². The molecular weight excluding hydrogens is 411 g/mol. The van der Waals surface area contributed by atoms with Gasteiger partial charge in [-0.25, -0.2) is 5.43 Å². The summed E-state index contributed by atoms with van der Waals surface area (Å²) in [7, 11) is 0. The molecule has 1 aromatic carbocycles. The number of hydrogen-bond acceptors (Lipinski definition) is 3. The third kappa shape index (κ3) is 3.71. The van der Waals surface area contributed by atoms with Gasteiger partial charge in [-0.2, -0.15) is 5.10 Å². The van der Waals surface area contributed by atoms with Crippen molar-refractivity contribution in [1.29, 1.82) is 0 Å². The number of carbonyl (C=O) groups excluding carboxylic acids is 1. The number of hydrazone groups is 1. The van der Waals surface area contributed by atoms with Crippen LogP contribution in [-0.2, 0) is 0 Å². The first kappa shape index (κ1) is 15.3. The normalized spacial score (nSPS) is 11.0. The molecule has 7 heteroatoms. The summed E-state index contributed by atoms with van der Waals surface area (Å²) in [6.45, 7) is 1.90. The Kier molecular flexibility index (Phi) is 5.01. The maximum atomic E-state index is 11.9. The minimum absolute atomic E-state index is 0.372. The molecule has 0 aliphatic rings. The largest absolute Gasteiger partial charge is 0.447 e. The van der Waals surface area contributed by atoms with Gasteiger partial charge in [0.15, 0.2) is 4.67 Å². The van der Waals surface area contributed by atoms with Crippen LogP contribution >= 0.6 is 43.5 Å². The SMILES string of the molecule is Cc1ccc(C(=O)N/N=C/c2cc(Br)c(Br)o2)c(Cl)c1. The van der Waals surface area contributed by atoms with Crippen molar-refractivity contribution in [3.8, 4) is 0 Å². The lowest BCUT2D eigenvalue weighted by Crippen LogP contribution is -2.18. The Morgan fingerprint density at radius 3 is 2.75 bits per heavy atom. The second-order valence-corrected chi connectivity index (χ2v) is 5.93. The van der Waals surface area contributed by atoms with Crippen LogP contribution in [0.4, 0.5) is 0 Å². The van der Waals surface area contributed by atoms with Crippen molar-refractivity contribution in [3.63, 3.8) is 0 Å². The summed E-state index contributed by atoms with van der Waals surface area (Å²) in [5.74, 6) is 0.120. The van der Waals surface area contributed by atoms with Crippen LogP contribution in [0.15, 0.2) is 42.9 Å². The predicted molar refractivity (Wildman–Crippen MR) is 85.4 cm³/mol. The molecule has 0 aliphatic heterocycles.